The fraction of sp³-hybridized carbons (Fsp3) is 0.231. The minimum atomic E-state index is -2.17. The van der Waals surface area contributed by atoms with E-state index in [2.05, 4.69) is 20.7 Å². The first-order chi connectivity index (χ1) is 8.94. The van der Waals surface area contributed by atoms with Gasteiger partial charge in [0.05, 0.1) is 7.11 Å². The van der Waals surface area contributed by atoms with Crippen LogP contribution in [0.1, 0.15) is 12.0 Å². The zero-order chi connectivity index (χ0) is 14.0. The second kappa shape index (κ2) is 5.14. The van der Waals surface area contributed by atoms with E-state index >= 15 is 0 Å². The molecule has 0 saturated carbocycles. The van der Waals surface area contributed by atoms with Crippen molar-refractivity contribution in [2.24, 2.45) is 0 Å². The maximum atomic E-state index is 11.7. The van der Waals surface area contributed by atoms with Crippen LogP contribution in [0.4, 0.5) is 0 Å². The molecule has 5 nitrogen and oxygen atoms in total. The molecule has 0 radical (unpaired) electrons. The summed E-state index contributed by atoms with van der Waals surface area (Å²) in [6, 6.07) is 7.02. The number of carbonyl (C=O) groups is 2. The highest BCUT2D eigenvalue weighted by atomic mass is 79.9. The topological polar surface area (TPSA) is 72.8 Å². The van der Waals surface area contributed by atoms with Crippen LogP contribution in [0.3, 0.4) is 0 Å². The lowest BCUT2D eigenvalue weighted by molar-refractivity contribution is -0.181. The summed E-state index contributed by atoms with van der Waals surface area (Å²) in [6.07, 6.45) is 0.630. The Bertz CT molecular complexity index is 549. The molecule has 1 aromatic carbocycles. The summed E-state index contributed by atoms with van der Waals surface area (Å²) in [5.41, 5.74) is 0.636. The molecule has 0 aliphatic carbocycles. The van der Waals surface area contributed by atoms with Gasteiger partial charge in [-0.25, -0.2) is 0 Å². The fourth-order valence-corrected chi connectivity index (χ4v) is 1.91. The van der Waals surface area contributed by atoms with E-state index in [-0.39, 0.29) is 5.76 Å². The largest absolute Gasteiger partial charge is 0.469 e. The van der Waals surface area contributed by atoms with Gasteiger partial charge in [-0.05, 0) is 12.1 Å². The van der Waals surface area contributed by atoms with Gasteiger partial charge in [0, 0.05) is 16.1 Å². The van der Waals surface area contributed by atoms with Crippen LogP contribution in [0, 0.1) is 0 Å². The van der Waals surface area contributed by atoms with Crippen molar-refractivity contribution in [2.45, 2.75) is 12.2 Å². The highest BCUT2D eigenvalue weighted by Gasteiger charge is 2.45. The number of ketones is 1. The molecule has 1 aliphatic rings. The van der Waals surface area contributed by atoms with Gasteiger partial charge in [0.1, 0.15) is 12.2 Å². The van der Waals surface area contributed by atoms with Crippen LogP contribution >= 0.6 is 15.9 Å². The smallest absolute Gasteiger partial charge is 0.312 e. The van der Waals surface area contributed by atoms with Gasteiger partial charge in [-0.1, -0.05) is 28.1 Å². The Kier molecular flexibility index (Phi) is 3.73. The first-order valence-electron chi connectivity index (χ1n) is 5.45. The third kappa shape index (κ3) is 2.85. The molecule has 1 heterocycles. The van der Waals surface area contributed by atoms with Gasteiger partial charge in [-0.2, -0.15) is 0 Å². The zero-order valence-electron chi connectivity index (χ0n) is 10.1. The Morgan fingerprint density at radius 3 is 2.63 bits per heavy atom. The lowest BCUT2D eigenvalue weighted by Crippen LogP contribution is -2.38. The van der Waals surface area contributed by atoms with Crippen molar-refractivity contribution in [1.29, 1.82) is 0 Å². The molecule has 0 fully saturated rings. The molecule has 0 saturated heterocycles. The fourth-order valence-electron chi connectivity index (χ4n) is 1.64. The van der Waals surface area contributed by atoms with Crippen LogP contribution in [0.5, 0.6) is 0 Å². The molecular weight excluding hydrogens is 316 g/mol. The second-order valence-corrected chi connectivity index (χ2v) is 4.93. The number of methoxy groups -OCH3 is 1. The first-order valence-corrected chi connectivity index (χ1v) is 6.24. The average Bonchev–Trinajstić information content (AvgIpc) is 2.66. The van der Waals surface area contributed by atoms with Gasteiger partial charge in [0.15, 0.2) is 0 Å². The summed E-state index contributed by atoms with van der Waals surface area (Å²) in [5, 5.41) is 10.0. The lowest BCUT2D eigenvalue weighted by atomic mass is 10.1. The number of esters is 1. The number of hydrogen-bond acceptors (Lipinski definition) is 5. The van der Waals surface area contributed by atoms with Crippen molar-refractivity contribution in [1.82, 2.24) is 0 Å². The molecule has 1 aromatic rings. The van der Waals surface area contributed by atoms with E-state index in [9.17, 15) is 14.7 Å². The molecule has 19 heavy (non-hydrogen) atoms. The molecule has 0 spiro atoms. The van der Waals surface area contributed by atoms with Gasteiger partial charge in [0.2, 0.25) is 5.78 Å². The van der Waals surface area contributed by atoms with Gasteiger partial charge in [0.25, 0.3) is 5.79 Å². The SMILES string of the molecule is COC(=O)CC1(O)OC(c2ccc(Br)cc2)=CC1=O. The van der Waals surface area contributed by atoms with Gasteiger partial charge < -0.3 is 14.6 Å². The summed E-state index contributed by atoms with van der Waals surface area (Å²) in [6.45, 7) is 0. The summed E-state index contributed by atoms with van der Waals surface area (Å²) < 4.78 is 10.5. The minimum Gasteiger partial charge on any atom is -0.469 e. The van der Waals surface area contributed by atoms with Crippen molar-refractivity contribution < 1.29 is 24.2 Å². The zero-order valence-corrected chi connectivity index (χ0v) is 11.6. The Labute approximate surface area is 118 Å². The van der Waals surface area contributed by atoms with Crippen LogP contribution in [-0.2, 0) is 19.1 Å². The highest BCUT2D eigenvalue weighted by Crippen LogP contribution is 2.32. The van der Waals surface area contributed by atoms with E-state index in [1.165, 1.54) is 13.2 Å². The molecule has 1 atom stereocenters. The van der Waals surface area contributed by atoms with E-state index < -0.39 is 24.0 Å². The first kappa shape index (κ1) is 13.8. The van der Waals surface area contributed by atoms with E-state index in [1.54, 1.807) is 24.3 Å². The van der Waals surface area contributed by atoms with Crippen LogP contribution < -0.4 is 0 Å². The quantitative estimate of drug-likeness (QED) is 0.855. The Hall–Kier alpha value is -1.66. The molecule has 100 valence electrons. The summed E-state index contributed by atoms with van der Waals surface area (Å²) >= 11 is 3.29. The average molecular weight is 327 g/mol. The maximum Gasteiger partial charge on any atom is 0.312 e. The Balaban J connectivity index is 2.19. The molecule has 1 N–H and O–H groups in total. The van der Waals surface area contributed by atoms with Crippen molar-refractivity contribution in [3.05, 3.63) is 40.4 Å². The molecule has 1 unspecified atom stereocenters. The highest BCUT2D eigenvalue weighted by molar-refractivity contribution is 9.10. The Morgan fingerprint density at radius 1 is 1.42 bits per heavy atom. The molecule has 2 rings (SSSR count). The van der Waals surface area contributed by atoms with Crippen molar-refractivity contribution in [2.75, 3.05) is 7.11 Å². The molecule has 6 heteroatoms. The van der Waals surface area contributed by atoms with E-state index in [0.717, 1.165) is 4.47 Å². The number of hydrogen-bond donors (Lipinski definition) is 1. The van der Waals surface area contributed by atoms with Crippen LogP contribution in [0.15, 0.2) is 34.8 Å². The van der Waals surface area contributed by atoms with Crippen LogP contribution in [0.2, 0.25) is 0 Å². The van der Waals surface area contributed by atoms with Crippen molar-refractivity contribution >= 4 is 33.4 Å². The number of carbonyl (C=O) groups excluding carboxylic acids is 2. The van der Waals surface area contributed by atoms with Gasteiger partial charge >= 0.3 is 5.97 Å². The number of aliphatic hydroxyl groups is 1. The summed E-state index contributed by atoms with van der Waals surface area (Å²) in [4.78, 5) is 22.9. The summed E-state index contributed by atoms with van der Waals surface area (Å²) in [5.74, 6) is -3.34. The monoisotopic (exact) mass is 326 g/mol. The van der Waals surface area contributed by atoms with E-state index in [1.807, 2.05) is 0 Å². The number of halogens is 1. The Morgan fingerprint density at radius 2 is 2.05 bits per heavy atom. The molecule has 0 bridgehead atoms. The van der Waals surface area contributed by atoms with Crippen molar-refractivity contribution in [3.63, 3.8) is 0 Å². The third-order valence-electron chi connectivity index (χ3n) is 2.67. The second-order valence-electron chi connectivity index (χ2n) is 4.02. The van der Waals surface area contributed by atoms with Crippen LogP contribution in [0.25, 0.3) is 5.76 Å². The normalized spacial score (nSPS) is 21.8. The van der Waals surface area contributed by atoms with Gasteiger partial charge in [-0.15, -0.1) is 0 Å². The number of rotatable bonds is 3. The number of benzene rings is 1. The standard InChI is InChI=1S/C13H11BrO5/c1-18-12(16)7-13(17)11(15)6-10(19-13)8-2-4-9(14)5-3-8/h2-6,17H,7H2,1H3. The number of ether oxygens (including phenoxy) is 2. The van der Waals surface area contributed by atoms with E-state index in [4.69, 9.17) is 4.74 Å². The van der Waals surface area contributed by atoms with Gasteiger partial charge in [-0.3, -0.25) is 9.59 Å². The van der Waals surface area contributed by atoms with Crippen LogP contribution in [-0.4, -0.2) is 29.8 Å². The molecular formula is C13H11BrO5. The van der Waals surface area contributed by atoms with Crippen molar-refractivity contribution in [3.8, 4) is 0 Å². The molecule has 1 aliphatic heterocycles. The molecule has 0 amide bonds. The summed E-state index contributed by atoms with van der Waals surface area (Å²) in [7, 11) is 1.17. The third-order valence-corrected chi connectivity index (χ3v) is 3.20. The van der Waals surface area contributed by atoms with E-state index in [0.29, 0.717) is 5.56 Å². The maximum absolute atomic E-state index is 11.7. The minimum absolute atomic E-state index is 0.226. The molecule has 0 aromatic heterocycles. The lowest BCUT2D eigenvalue weighted by Gasteiger charge is -2.20. The predicted octanol–water partition coefficient (Wildman–Crippen LogP) is 1.64. The predicted molar refractivity (Wildman–Crippen MR) is 69.8 cm³/mol.